The fourth-order valence-corrected chi connectivity index (χ4v) is 3.20. The molecule has 2 atom stereocenters. The molecule has 1 N–H and O–H groups in total. The van der Waals surface area contributed by atoms with Crippen LogP contribution in [0.1, 0.15) is 19.8 Å². The molecule has 3 rings (SSSR count). The Morgan fingerprint density at radius 3 is 2.91 bits per heavy atom. The number of aromatic nitrogens is 2. The number of fused-ring (bicyclic) bond motifs is 1. The van der Waals surface area contributed by atoms with Crippen molar-refractivity contribution in [2.24, 2.45) is 5.92 Å². The molecule has 0 bridgehead atoms. The summed E-state index contributed by atoms with van der Waals surface area (Å²) in [5, 5.41) is 9.25. The van der Waals surface area contributed by atoms with Crippen LogP contribution in [0.4, 0.5) is 0 Å². The first kappa shape index (κ1) is 14.6. The number of carboxylic acid groups (broad SMARTS) is 1. The van der Waals surface area contributed by atoms with Crippen LogP contribution in [0.2, 0.25) is 0 Å². The van der Waals surface area contributed by atoms with Crippen molar-refractivity contribution in [1.82, 2.24) is 14.5 Å². The number of carbonyl (C=O) groups is 2. The largest absolute Gasteiger partial charge is 0.481 e. The van der Waals surface area contributed by atoms with Crippen molar-refractivity contribution in [3.8, 4) is 0 Å². The molecule has 1 fully saturated rings. The summed E-state index contributed by atoms with van der Waals surface area (Å²) in [4.78, 5) is 29.8. The van der Waals surface area contributed by atoms with Crippen LogP contribution in [0.5, 0.6) is 0 Å². The number of carbonyl (C=O) groups excluding carboxylic acids is 1. The van der Waals surface area contributed by atoms with Crippen LogP contribution in [0.25, 0.3) is 11.0 Å². The average molecular weight is 301 g/mol. The average Bonchev–Trinajstić information content (AvgIpc) is 2.90. The van der Waals surface area contributed by atoms with E-state index >= 15 is 0 Å². The first-order valence-electron chi connectivity index (χ1n) is 7.50. The molecule has 1 saturated heterocycles. The zero-order valence-electron chi connectivity index (χ0n) is 12.5. The van der Waals surface area contributed by atoms with Gasteiger partial charge < -0.3 is 14.6 Å². The molecule has 0 radical (unpaired) electrons. The van der Waals surface area contributed by atoms with Crippen molar-refractivity contribution >= 4 is 22.9 Å². The highest BCUT2D eigenvalue weighted by molar-refractivity contribution is 5.81. The van der Waals surface area contributed by atoms with Gasteiger partial charge in [0.2, 0.25) is 5.91 Å². The lowest BCUT2D eigenvalue weighted by Gasteiger charge is -2.37. The predicted octanol–water partition coefficient (Wildman–Crippen LogP) is 1.75. The van der Waals surface area contributed by atoms with Gasteiger partial charge in [0, 0.05) is 12.6 Å². The van der Waals surface area contributed by atoms with Gasteiger partial charge in [-0.05, 0) is 31.9 Å². The standard InChI is InChI=1S/C16H19N3O3/c1-11-12(16(21)22)5-4-8-19(11)15(20)9-18-10-17-13-6-2-3-7-14(13)18/h2-3,6-7,10-12H,4-5,8-9H2,1H3,(H,21,22)/t11-,12-/m1/s1. The minimum absolute atomic E-state index is 0.0541. The summed E-state index contributed by atoms with van der Waals surface area (Å²) in [5.74, 6) is -1.35. The summed E-state index contributed by atoms with van der Waals surface area (Å²) >= 11 is 0. The van der Waals surface area contributed by atoms with Gasteiger partial charge in [0.25, 0.3) is 0 Å². The van der Waals surface area contributed by atoms with Crippen LogP contribution in [0, 0.1) is 5.92 Å². The second-order valence-corrected chi connectivity index (χ2v) is 5.78. The van der Waals surface area contributed by atoms with Gasteiger partial charge in [-0.15, -0.1) is 0 Å². The SMILES string of the molecule is C[C@@H]1[C@H](C(=O)O)CCCN1C(=O)Cn1cnc2ccccc21. The number of rotatable bonds is 3. The van der Waals surface area contributed by atoms with Crippen molar-refractivity contribution in [1.29, 1.82) is 0 Å². The highest BCUT2D eigenvalue weighted by Gasteiger charge is 2.35. The summed E-state index contributed by atoms with van der Waals surface area (Å²) in [6.07, 6.45) is 3.03. The molecular weight excluding hydrogens is 282 g/mol. The summed E-state index contributed by atoms with van der Waals surface area (Å²) in [6, 6.07) is 7.38. The van der Waals surface area contributed by atoms with E-state index in [1.54, 1.807) is 11.2 Å². The van der Waals surface area contributed by atoms with Crippen LogP contribution < -0.4 is 0 Å². The summed E-state index contributed by atoms with van der Waals surface area (Å²) < 4.78 is 1.81. The molecule has 0 aliphatic carbocycles. The minimum atomic E-state index is -0.821. The molecule has 22 heavy (non-hydrogen) atoms. The maximum absolute atomic E-state index is 12.6. The van der Waals surface area contributed by atoms with Crippen molar-refractivity contribution in [2.45, 2.75) is 32.4 Å². The smallest absolute Gasteiger partial charge is 0.308 e. The molecule has 1 amide bonds. The van der Waals surface area contributed by atoms with Gasteiger partial charge in [0.1, 0.15) is 6.54 Å². The van der Waals surface area contributed by atoms with E-state index in [2.05, 4.69) is 4.98 Å². The Balaban J connectivity index is 1.78. The Morgan fingerprint density at radius 2 is 2.14 bits per heavy atom. The third kappa shape index (κ3) is 2.56. The van der Waals surface area contributed by atoms with Crippen LogP contribution in [0.15, 0.2) is 30.6 Å². The van der Waals surface area contributed by atoms with Crippen LogP contribution >= 0.6 is 0 Å². The molecule has 6 heteroatoms. The van der Waals surface area contributed by atoms with Gasteiger partial charge in [0.05, 0.1) is 23.3 Å². The van der Waals surface area contributed by atoms with E-state index < -0.39 is 11.9 Å². The summed E-state index contributed by atoms with van der Waals surface area (Å²) in [6.45, 7) is 2.63. The maximum atomic E-state index is 12.6. The zero-order valence-corrected chi connectivity index (χ0v) is 12.5. The second-order valence-electron chi connectivity index (χ2n) is 5.78. The Kier molecular flexibility index (Phi) is 3.83. The van der Waals surface area contributed by atoms with Gasteiger partial charge in [-0.25, -0.2) is 4.98 Å². The lowest BCUT2D eigenvalue weighted by atomic mass is 9.90. The summed E-state index contributed by atoms with van der Waals surface area (Å²) in [5.41, 5.74) is 1.76. The Labute approximate surface area is 128 Å². The van der Waals surface area contributed by atoms with Crippen molar-refractivity contribution < 1.29 is 14.7 Å². The van der Waals surface area contributed by atoms with Gasteiger partial charge in [0.15, 0.2) is 0 Å². The number of amides is 1. The highest BCUT2D eigenvalue weighted by Crippen LogP contribution is 2.24. The van der Waals surface area contributed by atoms with E-state index in [1.165, 1.54) is 0 Å². The zero-order chi connectivity index (χ0) is 15.7. The Morgan fingerprint density at radius 1 is 1.36 bits per heavy atom. The Hall–Kier alpha value is -2.37. The van der Waals surface area contributed by atoms with Gasteiger partial charge in [-0.3, -0.25) is 9.59 Å². The molecule has 116 valence electrons. The highest BCUT2D eigenvalue weighted by atomic mass is 16.4. The number of piperidine rings is 1. The lowest BCUT2D eigenvalue weighted by Crippen LogP contribution is -2.50. The van der Waals surface area contributed by atoms with E-state index in [4.69, 9.17) is 0 Å². The third-order valence-electron chi connectivity index (χ3n) is 4.46. The number of nitrogens with zero attached hydrogens (tertiary/aromatic N) is 3. The van der Waals surface area contributed by atoms with E-state index in [-0.39, 0.29) is 18.5 Å². The van der Waals surface area contributed by atoms with E-state index in [9.17, 15) is 14.7 Å². The van der Waals surface area contributed by atoms with Gasteiger partial charge in [-0.2, -0.15) is 0 Å². The summed E-state index contributed by atoms with van der Waals surface area (Å²) in [7, 11) is 0. The maximum Gasteiger partial charge on any atom is 0.308 e. The van der Waals surface area contributed by atoms with E-state index in [1.807, 2.05) is 35.8 Å². The first-order valence-corrected chi connectivity index (χ1v) is 7.50. The molecular formula is C16H19N3O3. The van der Waals surface area contributed by atoms with Gasteiger partial charge in [-0.1, -0.05) is 12.1 Å². The van der Waals surface area contributed by atoms with E-state index in [0.29, 0.717) is 13.0 Å². The number of carboxylic acids is 1. The fraction of sp³-hybridized carbons (Fsp3) is 0.438. The number of likely N-dealkylation sites (tertiary alicyclic amines) is 1. The van der Waals surface area contributed by atoms with Crippen LogP contribution in [0.3, 0.4) is 0 Å². The molecule has 6 nitrogen and oxygen atoms in total. The topological polar surface area (TPSA) is 75.4 Å². The fourth-order valence-electron chi connectivity index (χ4n) is 3.20. The van der Waals surface area contributed by atoms with Crippen LogP contribution in [-0.4, -0.2) is 44.0 Å². The Bertz CT molecular complexity index is 709. The normalized spacial score (nSPS) is 22.0. The monoisotopic (exact) mass is 301 g/mol. The molecule has 1 aliphatic heterocycles. The van der Waals surface area contributed by atoms with E-state index in [0.717, 1.165) is 17.5 Å². The van der Waals surface area contributed by atoms with Crippen molar-refractivity contribution in [3.05, 3.63) is 30.6 Å². The molecule has 0 spiro atoms. The molecule has 1 aliphatic rings. The van der Waals surface area contributed by atoms with Gasteiger partial charge >= 0.3 is 5.97 Å². The predicted molar refractivity (Wildman–Crippen MR) is 81.3 cm³/mol. The first-order chi connectivity index (χ1) is 10.6. The molecule has 2 aromatic rings. The molecule has 0 unspecified atom stereocenters. The minimum Gasteiger partial charge on any atom is -0.481 e. The number of hydrogen-bond acceptors (Lipinski definition) is 3. The van der Waals surface area contributed by atoms with Crippen molar-refractivity contribution in [2.75, 3.05) is 6.54 Å². The molecule has 1 aromatic heterocycles. The second kappa shape index (κ2) is 5.79. The number of imidazole rings is 1. The quantitative estimate of drug-likeness (QED) is 0.937. The van der Waals surface area contributed by atoms with Crippen molar-refractivity contribution in [3.63, 3.8) is 0 Å². The molecule has 0 saturated carbocycles. The number of hydrogen-bond donors (Lipinski definition) is 1. The molecule has 1 aromatic carbocycles. The van der Waals surface area contributed by atoms with Crippen LogP contribution in [-0.2, 0) is 16.1 Å². The third-order valence-corrected chi connectivity index (χ3v) is 4.46. The lowest BCUT2D eigenvalue weighted by molar-refractivity contribution is -0.149. The number of para-hydroxylation sites is 2. The molecule has 2 heterocycles. The number of benzene rings is 1. The number of aliphatic carboxylic acids is 1.